The number of hydrogen-bond donors (Lipinski definition) is 1. The van der Waals surface area contributed by atoms with E-state index in [0.717, 1.165) is 17.8 Å². The summed E-state index contributed by atoms with van der Waals surface area (Å²) in [6.45, 7) is 2.24. The van der Waals surface area contributed by atoms with Crippen molar-refractivity contribution < 1.29 is 17.9 Å². The second-order valence-electron chi connectivity index (χ2n) is 4.22. The van der Waals surface area contributed by atoms with Crippen LogP contribution in [0.2, 0.25) is 0 Å². The van der Waals surface area contributed by atoms with Crippen molar-refractivity contribution in [3.8, 4) is 0 Å². The van der Waals surface area contributed by atoms with Crippen molar-refractivity contribution >= 4 is 5.69 Å². The van der Waals surface area contributed by atoms with E-state index >= 15 is 0 Å². The van der Waals surface area contributed by atoms with Gasteiger partial charge in [0.05, 0.1) is 18.3 Å². The maximum atomic E-state index is 12.4. The monoisotopic (exact) mass is 260 g/mol. The van der Waals surface area contributed by atoms with Gasteiger partial charge in [0.1, 0.15) is 0 Å². The van der Waals surface area contributed by atoms with E-state index in [-0.39, 0.29) is 6.10 Å². The van der Waals surface area contributed by atoms with E-state index in [2.05, 4.69) is 0 Å². The molecule has 6 heteroatoms. The zero-order valence-electron chi connectivity index (χ0n) is 9.78. The van der Waals surface area contributed by atoms with E-state index in [1.54, 1.807) is 0 Å². The number of rotatable bonds is 2. The van der Waals surface area contributed by atoms with Gasteiger partial charge in [-0.3, -0.25) is 0 Å². The summed E-state index contributed by atoms with van der Waals surface area (Å²) in [5, 5.41) is 0. The first-order valence-corrected chi connectivity index (χ1v) is 5.74. The molecule has 1 atom stereocenters. The second-order valence-corrected chi connectivity index (χ2v) is 4.22. The number of alkyl halides is 3. The van der Waals surface area contributed by atoms with Gasteiger partial charge in [-0.25, -0.2) is 0 Å². The Kier molecular flexibility index (Phi) is 3.77. The predicted molar refractivity (Wildman–Crippen MR) is 62.5 cm³/mol. The quantitative estimate of drug-likeness (QED) is 0.882. The molecule has 2 N–H and O–H groups in total. The Morgan fingerprint density at radius 1 is 1.28 bits per heavy atom. The SMILES string of the molecule is NC[C@@H]1CN(c2ccc(C(F)(F)F)cc2)CCO1. The molecule has 3 nitrogen and oxygen atoms in total. The second kappa shape index (κ2) is 5.16. The van der Waals surface area contributed by atoms with Crippen LogP contribution >= 0.6 is 0 Å². The summed E-state index contributed by atoms with van der Waals surface area (Å²) in [5.74, 6) is 0. The van der Waals surface area contributed by atoms with Gasteiger partial charge in [-0.1, -0.05) is 0 Å². The molecular formula is C12H15F3N2O. The molecular weight excluding hydrogens is 245 g/mol. The van der Waals surface area contributed by atoms with Crippen molar-refractivity contribution in [3.63, 3.8) is 0 Å². The smallest absolute Gasteiger partial charge is 0.373 e. The minimum Gasteiger partial charge on any atom is -0.373 e. The van der Waals surface area contributed by atoms with E-state index in [4.69, 9.17) is 10.5 Å². The van der Waals surface area contributed by atoms with E-state index in [9.17, 15) is 13.2 Å². The molecule has 0 unspecified atom stereocenters. The Balaban J connectivity index is 2.09. The van der Waals surface area contributed by atoms with Crippen LogP contribution in [0.5, 0.6) is 0 Å². The van der Waals surface area contributed by atoms with E-state index in [1.807, 2.05) is 4.90 Å². The summed E-state index contributed by atoms with van der Waals surface area (Å²) in [7, 11) is 0. The molecule has 1 heterocycles. The Labute approximate surface area is 103 Å². The highest BCUT2D eigenvalue weighted by Crippen LogP contribution is 2.30. The van der Waals surface area contributed by atoms with Gasteiger partial charge in [0.2, 0.25) is 0 Å². The Morgan fingerprint density at radius 2 is 1.94 bits per heavy atom. The zero-order valence-corrected chi connectivity index (χ0v) is 9.78. The maximum Gasteiger partial charge on any atom is 0.416 e. The van der Waals surface area contributed by atoms with Crippen molar-refractivity contribution in [2.75, 3.05) is 31.1 Å². The molecule has 1 aliphatic rings. The lowest BCUT2D eigenvalue weighted by Gasteiger charge is -2.34. The van der Waals surface area contributed by atoms with Gasteiger partial charge in [0, 0.05) is 25.3 Å². The van der Waals surface area contributed by atoms with Crippen molar-refractivity contribution in [2.24, 2.45) is 5.73 Å². The van der Waals surface area contributed by atoms with Crippen LogP contribution < -0.4 is 10.6 Å². The maximum absolute atomic E-state index is 12.4. The number of halogens is 3. The van der Waals surface area contributed by atoms with Gasteiger partial charge >= 0.3 is 6.18 Å². The minimum absolute atomic E-state index is 0.0546. The third kappa shape index (κ3) is 2.94. The fourth-order valence-corrected chi connectivity index (χ4v) is 1.96. The molecule has 0 amide bonds. The fourth-order valence-electron chi connectivity index (χ4n) is 1.96. The normalized spacial score (nSPS) is 21.1. The Morgan fingerprint density at radius 3 is 2.50 bits per heavy atom. The highest BCUT2D eigenvalue weighted by Gasteiger charge is 2.30. The molecule has 0 radical (unpaired) electrons. The van der Waals surface area contributed by atoms with E-state index in [1.165, 1.54) is 12.1 Å². The van der Waals surface area contributed by atoms with Gasteiger partial charge in [0.15, 0.2) is 0 Å². The van der Waals surface area contributed by atoms with Gasteiger partial charge < -0.3 is 15.4 Å². The van der Waals surface area contributed by atoms with Crippen molar-refractivity contribution in [1.82, 2.24) is 0 Å². The van der Waals surface area contributed by atoms with Crippen LogP contribution in [0, 0.1) is 0 Å². The van der Waals surface area contributed by atoms with Crippen LogP contribution in [0.3, 0.4) is 0 Å². The Hall–Kier alpha value is -1.27. The summed E-state index contributed by atoms with van der Waals surface area (Å²) in [6, 6.07) is 5.17. The first kappa shape index (κ1) is 13.2. The first-order chi connectivity index (χ1) is 8.50. The van der Waals surface area contributed by atoms with Crippen LogP contribution in [0.1, 0.15) is 5.56 Å². The number of hydrogen-bond acceptors (Lipinski definition) is 3. The zero-order chi connectivity index (χ0) is 13.2. The molecule has 0 aliphatic carbocycles. The largest absolute Gasteiger partial charge is 0.416 e. The van der Waals surface area contributed by atoms with E-state index in [0.29, 0.717) is 26.2 Å². The molecule has 0 saturated carbocycles. The van der Waals surface area contributed by atoms with Gasteiger partial charge in [-0.15, -0.1) is 0 Å². The Bertz CT molecular complexity index is 391. The number of nitrogens with zero attached hydrogens (tertiary/aromatic N) is 1. The molecule has 0 bridgehead atoms. The van der Waals surface area contributed by atoms with Crippen LogP contribution in [0.15, 0.2) is 24.3 Å². The number of nitrogens with two attached hydrogens (primary N) is 1. The summed E-state index contributed by atoms with van der Waals surface area (Å²) in [6.07, 6.45) is -4.34. The van der Waals surface area contributed by atoms with Crippen molar-refractivity contribution in [3.05, 3.63) is 29.8 Å². The standard InChI is InChI=1S/C12H15F3N2O/c13-12(14,15)9-1-3-10(4-2-9)17-5-6-18-11(7-16)8-17/h1-4,11H,5-8,16H2/t11-/m1/s1. The average Bonchev–Trinajstić information content (AvgIpc) is 2.38. The molecule has 0 aromatic heterocycles. The van der Waals surface area contributed by atoms with Crippen LogP contribution in [-0.2, 0) is 10.9 Å². The highest BCUT2D eigenvalue weighted by molar-refractivity contribution is 5.48. The molecule has 1 fully saturated rings. The number of ether oxygens (including phenoxy) is 1. The van der Waals surface area contributed by atoms with Gasteiger partial charge in [0.25, 0.3) is 0 Å². The van der Waals surface area contributed by atoms with Crippen LogP contribution in [0.25, 0.3) is 0 Å². The topological polar surface area (TPSA) is 38.5 Å². The lowest BCUT2D eigenvalue weighted by atomic mass is 10.1. The predicted octanol–water partition coefficient (Wildman–Crippen LogP) is 1.87. The van der Waals surface area contributed by atoms with E-state index < -0.39 is 11.7 Å². The lowest BCUT2D eigenvalue weighted by molar-refractivity contribution is -0.137. The molecule has 1 aromatic carbocycles. The van der Waals surface area contributed by atoms with Gasteiger partial charge in [-0.05, 0) is 24.3 Å². The summed E-state index contributed by atoms with van der Waals surface area (Å²) in [4.78, 5) is 1.99. The highest BCUT2D eigenvalue weighted by atomic mass is 19.4. The summed E-state index contributed by atoms with van der Waals surface area (Å²) >= 11 is 0. The van der Waals surface area contributed by atoms with Gasteiger partial charge in [-0.2, -0.15) is 13.2 Å². The third-order valence-corrected chi connectivity index (χ3v) is 2.96. The molecule has 18 heavy (non-hydrogen) atoms. The molecule has 0 spiro atoms. The lowest BCUT2D eigenvalue weighted by Crippen LogP contribution is -2.45. The molecule has 1 aromatic rings. The molecule has 1 saturated heterocycles. The molecule has 1 aliphatic heterocycles. The number of anilines is 1. The fraction of sp³-hybridized carbons (Fsp3) is 0.500. The molecule has 100 valence electrons. The molecule has 2 rings (SSSR count). The average molecular weight is 260 g/mol. The van der Waals surface area contributed by atoms with Crippen molar-refractivity contribution in [1.29, 1.82) is 0 Å². The van der Waals surface area contributed by atoms with Crippen molar-refractivity contribution in [2.45, 2.75) is 12.3 Å². The van der Waals surface area contributed by atoms with Crippen LogP contribution in [0.4, 0.5) is 18.9 Å². The third-order valence-electron chi connectivity index (χ3n) is 2.96. The minimum atomic E-state index is -4.29. The first-order valence-electron chi connectivity index (χ1n) is 5.74. The summed E-state index contributed by atoms with van der Waals surface area (Å²) in [5.41, 5.74) is 5.66. The number of benzene rings is 1. The van der Waals surface area contributed by atoms with Crippen LogP contribution in [-0.4, -0.2) is 32.3 Å². The number of morpholine rings is 1. The summed E-state index contributed by atoms with van der Waals surface area (Å²) < 4.78 is 42.7.